The number of amides is 3. The van der Waals surface area contributed by atoms with E-state index in [1.54, 1.807) is 42.5 Å². The minimum Gasteiger partial charge on any atom is -0.325 e. The van der Waals surface area contributed by atoms with E-state index < -0.39 is 11.2 Å². The summed E-state index contributed by atoms with van der Waals surface area (Å²) in [4.78, 5) is 41.0. The van der Waals surface area contributed by atoms with E-state index in [4.69, 9.17) is 0 Å². The van der Waals surface area contributed by atoms with Gasteiger partial charge in [0, 0.05) is 21.8 Å². The van der Waals surface area contributed by atoms with Crippen LogP contribution in [-0.2, 0) is 9.59 Å². The van der Waals surface area contributed by atoms with Gasteiger partial charge in [-0.1, -0.05) is 109 Å². The first-order valence-corrected chi connectivity index (χ1v) is 16.4. The molecular formula is C41H33N3O3S. The third-order valence-corrected chi connectivity index (χ3v) is 8.91. The monoisotopic (exact) mass is 647 g/mol. The van der Waals surface area contributed by atoms with Crippen LogP contribution in [0.15, 0.2) is 162 Å². The molecule has 7 heteroatoms. The van der Waals surface area contributed by atoms with Crippen LogP contribution >= 0.6 is 11.8 Å². The number of carbonyl (C=O) groups is 3. The molecule has 48 heavy (non-hydrogen) atoms. The van der Waals surface area contributed by atoms with Gasteiger partial charge in [0.2, 0.25) is 5.91 Å². The molecule has 0 aliphatic rings. The normalized spacial score (nSPS) is 11.8. The Balaban J connectivity index is 1.18. The van der Waals surface area contributed by atoms with Gasteiger partial charge in [0.05, 0.1) is 0 Å². The van der Waals surface area contributed by atoms with E-state index in [0.717, 1.165) is 38.0 Å². The molecule has 1 atom stereocenters. The van der Waals surface area contributed by atoms with Crippen molar-refractivity contribution in [2.75, 3.05) is 10.6 Å². The lowest BCUT2D eigenvalue weighted by molar-refractivity contribution is -0.116. The van der Waals surface area contributed by atoms with Gasteiger partial charge < -0.3 is 16.0 Å². The van der Waals surface area contributed by atoms with Gasteiger partial charge in [0.15, 0.2) is 0 Å². The van der Waals surface area contributed by atoms with Crippen LogP contribution in [0.5, 0.6) is 0 Å². The van der Waals surface area contributed by atoms with Crippen LogP contribution in [0, 0.1) is 6.92 Å². The van der Waals surface area contributed by atoms with Crippen molar-refractivity contribution in [1.29, 1.82) is 0 Å². The summed E-state index contributed by atoms with van der Waals surface area (Å²) < 4.78 is 0. The number of carbonyl (C=O) groups excluding carboxylic acids is 3. The minimum absolute atomic E-state index is 0.112. The summed E-state index contributed by atoms with van der Waals surface area (Å²) in [5.74, 6) is -0.985. The SMILES string of the molecule is Cc1ccc(/C=C(\NC(=O)c2ccccc2)C(=O)Nc2ccc(SC(C(=O)Nc3ccc4ccccc4c3)c3ccccc3)cc2)cc1. The molecule has 0 aromatic heterocycles. The molecule has 6 aromatic carbocycles. The summed E-state index contributed by atoms with van der Waals surface area (Å²) in [5.41, 5.74) is 4.57. The number of aryl methyl sites for hydroxylation is 1. The van der Waals surface area contributed by atoms with E-state index >= 15 is 0 Å². The van der Waals surface area contributed by atoms with Gasteiger partial charge in [-0.25, -0.2) is 0 Å². The fraction of sp³-hybridized carbons (Fsp3) is 0.0488. The molecule has 1 unspecified atom stereocenters. The average molecular weight is 648 g/mol. The van der Waals surface area contributed by atoms with Crippen molar-refractivity contribution in [3.63, 3.8) is 0 Å². The van der Waals surface area contributed by atoms with Crippen molar-refractivity contribution in [3.8, 4) is 0 Å². The quantitative estimate of drug-likeness (QED) is 0.102. The fourth-order valence-electron chi connectivity index (χ4n) is 5.10. The molecule has 0 aliphatic heterocycles. The molecule has 6 nitrogen and oxygen atoms in total. The highest BCUT2D eigenvalue weighted by molar-refractivity contribution is 8.00. The summed E-state index contributed by atoms with van der Waals surface area (Å²) in [5, 5.41) is 10.4. The number of nitrogens with one attached hydrogen (secondary N) is 3. The Kier molecular flexibility index (Phi) is 10.1. The zero-order valence-corrected chi connectivity index (χ0v) is 27.0. The number of benzene rings is 6. The fourth-order valence-corrected chi connectivity index (χ4v) is 6.12. The van der Waals surface area contributed by atoms with Crippen molar-refractivity contribution >= 4 is 57.7 Å². The highest BCUT2D eigenvalue weighted by Gasteiger charge is 2.23. The highest BCUT2D eigenvalue weighted by Crippen LogP contribution is 2.37. The van der Waals surface area contributed by atoms with Crippen molar-refractivity contribution < 1.29 is 14.4 Å². The molecule has 6 aromatic rings. The second kappa shape index (κ2) is 15.1. The van der Waals surface area contributed by atoms with Gasteiger partial charge in [-0.15, -0.1) is 11.8 Å². The smallest absolute Gasteiger partial charge is 0.272 e. The predicted molar refractivity (Wildman–Crippen MR) is 196 cm³/mol. The van der Waals surface area contributed by atoms with Crippen molar-refractivity contribution in [2.45, 2.75) is 17.1 Å². The maximum Gasteiger partial charge on any atom is 0.272 e. The van der Waals surface area contributed by atoms with Gasteiger partial charge in [-0.3, -0.25) is 14.4 Å². The Labute approximate surface area is 283 Å². The van der Waals surface area contributed by atoms with Crippen molar-refractivity contribution in [3.05, 3.63) is 180 Å². The second-order valence-corrected chi connectivity index (χ2v) is 12.4. The van der Waals surface area contributed by atoms with E-state index in [1.165, 1.54) is 11.8 Å². The molecule has 3 amide bonds. The summed E-state index contributed by atoms with van der Waals surface area (Å²) in [7, 11) is 0. The number of anilines is 2. The standard InChI is InChI=1S/C41H33N3O3S/c1-28-16-18-29(19-17-28)26-37(44-39(45)32-13-6-3-7-14-32)40(46)42-34-22-24-36(25-23-34)48-38(31-11-4-2-5-12-31)41(47)43-35-21-20-30-10-8-9-15-33(30)27-35/h2-27,38H,1H3,(H,42,46)(H,43,47)(H,44,45)/b37-26-. The topological polar surface area (TPSA) is 87.3 Å². The van der Waals surface area contributed by atoms with E-state index in [1.807, 2.05) is 122 Å². The Morgan fingerprint density at radius 3 is 1.96 bits per heavy atom. The zero-order chi connectivity index (χ0) is 33.3. The third-order valence-electron chi connectivity index (χ3n) is 7.64. The molecule has 0 heterocycles. The van der Waals surface area contributed by atoms with Gasteiger partial charge in [-0.2, -0.15) is 0 Å². The van der Waals surface area contributed by atoms with Crippen LogP contribution in [0.25, 0.3) is 16.8 Å². The maximum absolute atomic E-state index is 13.7. The van der Waals surface area contributed by atoms with Gasteiger partial charge in [0.25, 0.3) is 11.8 Å². The first kappa shape index (κ1) is 32.0. The van der Waals surface area contributed by atoms with E-state index in [9.17, 15) is 14.4 Å². The molecule has 0 bridgehead atoms. The van der Waals surface area contributed by atoms with Crippen LogP contribution in [0.3, 0.4) is 0 Å². The number of thioether (sulfide) groups is 1. The average Bonchev–Trinajstić information content (AvgIpc) is 3.12. The Morgan fingerprint density at radius 2 is 1.25 bits per heavy atom. The molecule has 3 N–H and O–H groups in total. The number of hydrogen-bond donors (Lipinski definition) is 3. The summed E-state index contributed by atoms with van der Waals surface area (Å²) >= 11 is 1.42. The molecule has 236 valence electrons. The lowest BCUT2D eigenvalue weighted by Crippen LogP contribution is -2.30. The Morgan fingerprint density at radius 1 is 0.625 bits per heavy atom. The molecule has 0 aliphatic carbocycles. The molecule has 0 saturated carbocycles. The Bertz CT molecular complexity index is 2080. The second-order valence-electron chi connectivity index (χ2n) is 11.2. The highest BCUT2D eigenvalue weighted by atomic mass is 32.2. The van der Waals surface area contributed by atoms with Gasteiger partial charge >= 0.3 is 0 Å². The minimum atomic E-state index is -0.518. The number of fused-ring (bicyclic) bond motifs is 1. The molecule has 6 rings (SSSR count). The summed E-state index contributed by atoms with van der Waals surface area (Å²) in [6.07, 6.45) is 1.65. The number of rotatable bonds is 10. The van der Waals surface area contributed by atoms with Crippen molar-refractivity contribution in [2.24, 2.45) is 0 Å². The van der Waals surface area contributed by atoms with E-state index in [0.29, 0.717) is 11.3 Å². The largest absolute Gasteiger partial charge is 0.325 e. The van der Waals surface area contributed by atoms with Crippen LogP contribution < -0.4 is 16.0 Å². The molecule has 0 fully saturated rings. The molecule has 0 saturated heterocycles. The molecule has 0 radical (unpaired) electrons. The van der Waals surface area contributed by atoms with Crippen LogP contribution in [-0.4, -0.2) is 17.7 Å². The van der Waals surface area contributed by atoms with Crippen LogP contribution in [0.2, 0.25) is 0 Å². The Hall–Kier alpha value is -5.92. The maximum atomic E-state index is 13.7. The lowest BCUT2D eigenvalue weighted by atomic mass is 10.1. The molecule has 0 spiro atoms. The zero-order valence-electron chi connectivity index (χ0n) is 26.2. The lowest BCUT2D eigenvalue weighted by Gasteiger charge is -2.18. The van der Waals surface area contributed by atoms with E-state index in [-0.39, 0.29) is 17.5 Å². The van der Waals surface area contributed by atoms with E-state index in [2.05, 4.69) is 16.0 Å². The number of hydrogen-bond acceptors (Lipinski definition) is 4. The van der Waals surface area contributed by atoms with Crippen molar-refractivity contribution in [1.82, 2.24) is 5.32 Å². The van der Waals surface area contributed by atoms with Crippen LogP contribution in [0.4, 0.5) is 11.4 Å². The first-order valence-electron chi connectivity index (χ1n) is 15.5. The van der Waals surface area contributed by atoms with Crippen LogP contribution in [0.1, 0.15) is 32.3 Å². The predicted octanol–water partition coefficient (Wildman–Crippen LogP) is 9.03. The molecular weight excluding hydrogens is 615 g/mol. The van der Waals surface area contributed by atoms with Gasteiger partial charge in [0.1, 0.15) is 10.9 Å². The third kappa shape index (κ3) is 8.26. The summed E-state index contributed by atoms with van der Waals surface area (Å²) in [6.45, 7) is 1.99. The van der Waals surface area contributed by atoms with Gasteiger partial charge in [-0.05, 0) is 83.4 Å². The summed E-state index contributed by atoms with van der Waals surface area (Å²) in [6, 6.07) is 47.3. The first-order chi connectivity index (χ1) is 23.4.